The maximum Gasteiger partial charge on any atom is 0.0511 e. The smallest absolute Gasteiger partial charge is 0.0511 e. The van der Waals surface area contributed by atoms with E-state index < -0.39 is 0 Å². The minimum Gasteiger partial charge on any atom is -0.299 e. The molecule has 0 spiro atoms. The van der Waals surface area contributed by atoms with Gasteiger partial charge < -0.3 is 0 Å². The molecule has 0 radical (unpaired) electrons. The molecule has 0 aromatic rings. The molecule has 0 bridgehead atoms. The van der Waals surface area contributed by atoms with E-state index >= 15 is 0 Å². The van der Waals surface area contributed by atoms with Gasteiger partial charge in [0.25, 0.3) is 0 Å². The average molecular weight is 202 g/mol. The van der Waals surface area contributed by atoms with E-state index in [1.165, 1.54) is 24.6 Å². The van der Waals surface area contributed by atoms with Crippen molar-refractivity contribution in [3.63, 3.8) is 0 Å². The largest absolute Gasteiger partial charge is 0.299 e. The summed E-state index contributed by atoms with van der Waals surface area (Å²) in [6, 6.07) is 1.23. The highest BCUT2D eigenvalue weighted by molar-refractivity contribution is 7.87. The van der Waals surface area contributed by atoms with E-state index in [4.69, 9.17) is 4.36 Å². The summed E-state index contributed by atoms with van der Waals surface area (Å²) >= 11 is 0. The van der Waals surface area contributed by atoms with Crippen molar-refractivity contribution in [1.29, 1.82) is 0 Å². The summed E-state index contributed by atoms with van der Waals surface area (Å²) in [6.45, 7) is 11.4. The lowest BCUT2D eigenvalue weighted by atomic mass is 10.3. The third-order valence-electron chi connectivity index (χ3n) is 2.32. The third kappa shape index (κ3) is 3.77. The van der Waals surface area contributed by atoms with Gasteiger partial charge in [-0.1, -0.05) is 10.7 Å². The lowest BCUT2D eigenvalue weighted by Crippen LogP contribution is -2.41. The molecule has 78 valence electrons. The molecular formula is C10H22N2S. The van der Waals surface area contributed by atoms with Crippen molar-refractivity contribution in [2.75, 3.05) is 24.6 Å². The highest BCUT2D eigenvalue weighted by Crippen LogP contribution is 2.07. The van der Waals surface area contributed by atoms with Gasteiger partial charge in [-0.15, -0.1) is 0 Å². The van der Waals surface area contributed by atoms with Crippen LogP contribution >= 0.6 is 0 Å². The quantitative estimate of drug-likeness (QED) is 0.668. The van der Waals surface area contributed by atoms with Crippen LogP contribution in [0, 0.1) is 0 Å². The fraction of sp³-hybridized carbons (Fsp3) is 1.00. The van der Waals surface area contributed by atoms with E-state index in [1.807, 2.05) is 0 Å². The number of hydrogen-bond acceptors (Lipinski definition) is 2. The summed E-state index contributed by atoms with van der Waals surface area (Å²) in [7, 11) is 0.371. The van der Waals surface area contributed by atoms with Crippen molar-refractivity contribution in [3.8, 4) is 0 Å². The molecule has 0 saturated carbocycles. The minimum absolute atomic E-state index is 0.371. The topological polar surface area (TPSA) is 15.6 Å². The normalized spacial score (nSPS) is 21.4. The standard InChI is InChI=1S/C10H22N2S/c1-9(2)11-13-7-5-12(6-8-13)10(3)4/h9-10H,5-8H2,1-4H3. The van der Waals surface area contributed by atoms with Gasteiger partial charge in [0.2, 0.25) is 0 Å². The SMILES string of the molecule is CC(C)N=S1CCN(C(C)C)CC1. The van der Waals surface area contributed by atoms with Crippen LogP contribution in [-0.4, -0.2) is 41.6 Å². The van der Waals surface area contributed by atoms with Gasteiger partial charge in [0, 0.05) is 30.6 Å². The second kappa shape index (κ2) is 5.11. The van der Waals surface area contributed by atoms with Gasteiger partial charge >= 0.3 is 0 Å². The average Bonchev–Trinajstić information content (AvgIpc) is 2.04. The second-order valence-corrected chi connectivity index (χ2v) is 6.15. The first-order chi connectivity index (χ1) is 6.09. The first-order valence-corrected chi connectivity index (χ1v) is 6.74. The summed E-state index contributed by atoms with van der Waals surface area (Å²) < 4.78 is 4.73. The maximum absolute atomic E-state index is 4.73. The molecule has 0 aliphatic carbocycles. The Kier molecular flexibility index (Phi) is 4.39. The molecule has 3 heteroatoms. The Morgan fingerprint density at radius 2 is 1.62 bits per heavy atom. The van der Waals surface area contributed by atoms with Crippen LogP contribution in [0.15, 0.2) is 4.36 Å². The molecule has 1 aliphatic rings. The Morgan fingerprint density at radius 1 is 1.08 bits per heavy atom. The van der Waals surface area contributed by atoms with Crippen molar-refractivity contribution in [2.45, 2.75) is 39.8 Å². The van der Waals surface area contributed by atoms with Gasteiger partial charge in [0.15, 0.2) is 0 Å². The molecule has 2 nitrogen and oxygen atoms in total. The Labute approximate surface area is 84.8 Å². The zero-order valence-corrected chi connectivity index (χ0v) is 10.1. The van der Waals surface area contributed by atoms with Crippen LogP contribution in [0.3, 0.4) is 0 Å². The summed E-state index contributed by atoms with van der Waals surface area (Å²) in [6.07, 6.45) is 0. The molecule has 0 N–H and O–H groups in total. The molecule has 1 fully saturated rings. The Morgan fingerprint density at radius 3 is 2.00 bits per heavy atom. The molecule has 13 heavy (non-hydrogen) atoms. The monoisotopic (exact) mass is 202 g/mol. The molecule has 0 unspecified atom stereocenters. The van der Waals surface area contributed by atoms with Crippen molar-refractivity contribution in [2.24, 2.45) is 4.36 Å². The van der Waals surface area contributed by atoms with E-state index in [9.17, 15) is 0 Å². The second-order valence-electron chi connectivity index (χ2n) is 4.20. The fourth-order valence-corrected chi connectivity index (χ4v) is 3.48. The number of rotatable bonds is 2. The zero-order chi connectivity index (χ0) is 9.84. The van der Waals surface area contributed by atoms with E-state index in [2.05, 4.69) is 32.6 Å². The molecule has 1 heterocycles. The van der Waals surface area contributed by atoms with Crippen molar-refractivity contribution in [1.82, 2.24) is 4.90 Å². The van der Waals surface area contributed by atoms with Crippen molar-refractivity contribution < 1.29 is 0 Å². The van der Waals surface area contributed by atoms with E-state index in [0.29, 0.717) is 22.8 Å². The van der Waals surface area contributed by atoms with Crippen LogP contribution in [-0.2, 0) is 10.7 Å². The van der Waals surface area contributed by atoms with Crippen molar-refractivity contribution in [3.05, 3.63) is 0 Å². The molecule has 0 aromatic carbocycles. The number of nitrogens with zero attached hydrogens (tertiary/aromatic N) is 2. The first kappa shape index (κ1) is 11.2. The molecule has 0 amide bonds. The molecule has 1 saturated heterocycles. The number of hydrogen-bond donors (Lipinski definition) is 0. The summed E-state index contributed by atoms with van der Waals surface area (Å²) in [5, 5.41) is 0. The minimum atomic E-state index is 0.371. The van der Waals surface area contributed by atoms with Crippen LogP contribution < -0.4 is 0 Å². The van der Waals surface area contributed by atoms with Crippen molar-refractivity contribution >= 4 is 10.7 Å². The Balaban J connectivity index is 2.39. The first-order valence-electron chi connectivity index (χ1n) is 5.22. The van der Waals surface area contributed by atoms with E-state index in [0.717, 1.165) is 0 Å². The van der Waals surface area contributed by atoms with Gasteiger partial charge in [0.1, 0.15) is 0 Å². The highest BCUT2D eigenvalue weighted by atomic mass is 32.2. The van der Waals surface area contributed by atoms with Crippen LogP contribution in [0.2, 0.25) is 0 Å². The molecule has 0 atom stereocenters. The fourth-order valence-electron chi connectivity index (χ4n) is 1.58. The highest BCUT2D eigenvalue weighted by Gasteiger charge is 2.15. The molecule has 1 aliphatic heterocycles. The van der Waals surface area contributed by atoms with Gasteiger partial charge in [-0.2, -0.15) is 0 Å². The van der Waals surface area contributed by atoms with E-state index in [1.54, 1.807) is 0 Å². The molecular weight excluding hydrogens is 180 g/mol. The summed E-state index contributed by atoms with van der Waals surface area (Å²) in [4.78, 5) is 2.55. The van der Waals surface area contributed by atoms with Crippen LogP contribution in [0.4, 0.5) is 0 Å². The lowest BCUT2D eigenvalue weighted by molar-refractivity contribution is 0.244. The lowest BCUT2D eigenvalue weighted by Gasteiger charge is -2.31. The molecule has 1 rings (SSSR count). The maximum atomic E-state index is 4.73. The Hall–Kier alpha value is 0.110. The predicted octanol–water partition coefficient (Wildman–Crippen LogP) is 1.92. The van der Waals surface area contributed by atoms with Crippen LogP contribution in [0.5, 0.6) is 0 Å². The summed E-state index contributed by atoms with van der Waals surface area (Å²) in [5.41, 5.74) is 0. The van der Waals surface area contributed by atoms with Gasteiger partial charge in [-0.3, -0.25) is 9.26 Å². The predicted molar refractivity (Wildman–Crippen MR) is 61.4 cm³/mol. The van der Waals surface area contributed by atoms with Crippen LogP contribution in [0.25, 0.3) is 0 Å². The molecule has 0 aromatic heterocycles. The van der Waals surface area contributed by atoms with Crippen LogP contribution in [0.1, 0.15) is 27.7 Å². The van der Waals surface area contributed by atoms with Gasteiger partial charge in [-0.05, 0) is 27.7 Å². The Bertz CT molecular complexity index is 177. The third-order valence-corrected chi connectivity index (χ3v) is 4.35. The summed E-state index contributed by atoms with van der Waals surface area (Å²) in [5.74, 6) is 2.58. The van der Waals surface area contributed by atoms with Gasteiger partial charge in [-0.25, -0.2) is 0 Å². The van der Waals surface area contributed by atoms with E-state index in [-0.39, 0.29) is 0 Å². The van der Waals surface area contributed by atoms with Gasteiger partial charge in [0.05, 0.1) is 6.04 Å². The zero-order valence-electron chi connectivity index (χ0n) is 9.29.